The van der Waals surface area contributed by atoms with Crippen LogP contribution in [0.2, 0.25) is 0 Å². The van der Waals surface area contributed by atoms with Gasteiger partial charge in [0, 0.05) is 18.5 Å². The normalized spacial score (nSPS) is 19.2. The Labute approximate surface area is 100 Å². The zero-order chi connectivity index (χ0) is 11.8. The van der Waals surface area contributed by atoms with Crippen molar-refractivity contribution in [2.75, 3.05) is 13.6 Å². The molecule has 1 aliphatic carbocycles. The van der Waals surface area contributed by atoms with Crippen LogP contribution in [0.4, 0.5) is 0 Å². The molecular formula is C12H18N2OS. The molecular weight excluding hydrogens is 220 g/mol. The third-order valence-corrected chi connectivity index (χ3v) is 4.60. The van der Waals surface area contributed by atoms with E-state index in [0.29, 0.717) is 6.54 Å². The van der Waals surface area contributed by atoms with Gasteiger partial charge in [-0.25, -0.2) is 0 Å². The summed E-state index contributed by atoms with van der Waals surface area (Å²) < 4.78 is 0. The molecule has 1 fully saturated rings. The van der Waals surface area contributed by atoms with Crippen molar-refractivity contribution in [1.82, 2.24) is 4.90 Å². The number of carbonyl (C=O) groups excluding carboxylic acids is 1. The summed E-state index contributed by atoms with van der Waals surface area (Å²) in [7, 11) is 1.88. The van der Waals surface area contributed by atoms with Crippen LogP contribution in [0.3, 0.4) is 0 Å². The van der Waals surface area contributed by atoms with Crippen LogP contribution in [-0.2, 0) is 4.79 Å². The predicted octanol–water partition coefficient (Wildman–Crippen LogP) is 2.01. The Morgan fingerprint density at radius 2 is 2.38 bits per heavy atom. The predicted molar refractivity (Wildman–Crippen MR) is 66.2 cm³/mol. The van der Waals surface area contributed by atoms with E-state index in [2.05, 4.69) is 13.0 Å². The summed E-state index contributed by atoms with van der Waals surface area (Å²) in [5, 5.41) is 2.04. The van der Waals surface area contributed by atoms with Crippen LogP contribution in [0.15, 0.2) is 17.5 Å². The highest BCUT2D eigenvalue weighted by Gasteiger charge is 2.50. The fraction of sp³-hybridized carbons (Fsp3) is 0.583. The number of rotatable bonds is 4. The first-order valence-corrected chi connectivity index (χ1v) is 6.49. The Hall–Kier alpha value is -0.870. The molecule has 0 spiro atoms. The van der Waals surface area contributed by atoms with Crippen molar-refractivity contribution in [3.63, 3.8) is 0 Å². The van der Waals surface area contributed by atoms with Gasteiger partial charge in [-0.05, 0) is 31.2 Å². The molecule has 1 saturated carbocycles. The molecule has 0 bridgehead atoms. The third-order valence-electron chi connectivity index (χ3n) is 3.55. The van der Waals surface area contributed by atoms with Crippen LogP contribution >= 0.6 is 11.3 Å². The molecule has 16 heavy (non-hydrogen) atoms. The Morgan fingerprint density at radius 1 is 1.69 bits per heavy atom. The van der Waals surface area contributed by atoms with E-state index < -0.39 is 0 Å². The van der Waals surface area contributed by atoms with E-state index in [4.69, 9.17) is 5.73 Å². The van der Waals surface area contributed by atoms with Crippen LogP contribution in [0.5, 0.6) is 0 Å². The molecule has 2 N–H and O–H groups in total. The average molecular weight is 238 g/mol. The number of thiophene rings is 1. The Bertz CT molecular complexity index is 370. The van der Waals surface area contributed by atoms with Crippen molar-refractivity contribution < 1.29 is 4.79 Å². The molecule has 1 amide bonds. The van der Waals surface area contributed by atoms with Crippen molar-refractivity contribution in [3.8, 4) is 0 Å². The van der Waals surface area contributed by atoms with Crippen LogP contribution in [-0.4, -0.2) is 24.4 Å². The maximum atomic E-state index is 12.2. The number of nitrogens with zero attached hydrogens (tertiary/aromatic N) is 1. The van der Waals surface area contributed by atoms with E-state index in [0.717, 1.165) is 12.8 Å². The molecule has 1 aromatic heterocycles. The molecule has 1 atom stereocenters. The molecule has 3 nitrogen and oxygen atoms in total. The first kappa shape index (κ1) is 11.6. The molecule has 1 heterocycles. The van der Waals surface area contributed by atoms with Gasteiger partial charge >= 0.3 is 0 Å². The fourth-order valence-corrected chi connectivity index (χ4v) is 2.75. The topological polar surface area (TPSA) is 46.3 Å². The van der Waals surface area contributed by atoms with E-state index >= 15 is 0 Å². The standard InChI is InChI=1S/C12H18N2OS/c1-9(10-4-3-7-16-10)14(2)11(15)12(8-13)5-6-12/h3-4,7,9H,5-6,8,13H2,1-2H3. The lowest BCUT2D eigenvalue weighted by atomic mass is 10.0. The second kappa shape index (κ2) is 4.18. The Morgan fingerprint density at radius 3 is 2.81 bits per heavy atom. The van der Waals surface area contributed by atoms with Gasteiger partial charge in [0.2, 0.25) is 5.91 Å². The molecule has 88 valence electrons. The smallest absolute Gasteiger partial charge is 0.230 e. The first-order chi connectivity index (χ1) is 7.60. The Balaban J connectivity index is 2.08. The summed E-state index contributed by atoms with van der Waals surface area (Å²) in [5.41, 5.74) is 5.45. The van der Waals surface area contributed by atoms with Gasteiger partial charge in [-0.3, -0.25) is 4.79 Å². The number of amides is 1. The van der Waals surface area contributed by atoms with E-state index in [1.165, 1.54) is 4.88 Å². The van der Waals surface area contributed by atoms with Gasteiger partial charge < -0.3 is 10.6 Å². The minimum atomic E-state index is -0.236. The summed E-state index contributed by atoms with van der Waals surface area (Å²) >= 11 is 1.69. The number of hydrogen-bond donors (Lipinski definition) is 1. The molecule has 2 rings (SSSR count). The van der Waals surface area contributed by atoms with Crippen molar-refractivity contribution in [2.24, 2.45) is 11.1 Å². The van der Waals surface area contributed by atoms with E-state index in [-0.39, 0.29) is 17.4 Å². The second-order valence-corrected chi connectivity index (χ2v) is 5.57. The van der Waals surface area contributed by atoms with Gasteiger partial charge in [-0.2, -0.15) is 0 Å². The molecule has 0 aromatic carbocycles. The van der Waals surface area contributed by atoms with E-state index in [1.807, 2.05) is 23.4 Å². The van der Waals surface area contributed by atoms with Crippen molar-refractivity contribution in [1.29, 1.82) is 0 Å². The minimum Gasteiger partial charge on any atom is -0.338 e. The van der Waals surface area contributed by atoms with Crippen molar-refractivity contribution in [3.05, 3.63) is 22.4 Å². The van der Waals surface area contributed by atoms with Gasteiger partial charge in [-0.15, -0.1) is 11.3 Å². The van der Waals surface area contributed by atoms with Crippen molar-refractivity contribution in [2.45, 2.75) is 25.8 Å². The summed E-state index contributed by atoms with van der Waals surface area (Å²) in [5.74, 6) is 0.205. The highest BCUT2D eigenvalue weighted by molar-refractivity contribution is 7.10. The monoisotopic (exact) mass is 238 g/mol. The van der Waals surface area contributed by atoms with Crippen LogP contribution in [0, 0.1) is 5.41 Å². The van der Waals surface area contributed by atoms with Crippen LogP contribution < -0.4 is 5.73 Å². The second-order valence-electron chi connectivity index (χ2n) is 4.59. The molecule has 0 radical (unpaired) electrons. The quantitative estimate of drug-likeness (QED) is 0.872. The lowest BCUT2D eigenvalue weighted by molar-refractivity contribution is -0.137. The highest BCUT2D eigenvalue weighted by atomic mass is 32.1. The maximum Gasteiger partial charge on any atom is 0.230 e. The lowest BCUT2D eigenvalue weighted by Gasteiger charge is -2.28. The highest BCUT2D eigenvalue weighted by Crippen LogP contribution is 2.47. The molecule has 1 unspecified atom stereocenters. The summed E-state index contributed by atoms with van der Waals surface area (Å²) in [6.45, 7) is 2.55. The van der Waals surface area contributed by atoms with Crippen LogP contribution in [0.25, 0.3) is 0 Å². The molecule has 1 aliphatic rings. The summed E-state index contributed by atoms with van der Waals surface area (Å²) in [6, 6.07) is 4.24. The van der Waals surface area contributed by atoms with Crippen molar-refractivity contribution >= 4 is 17.2 Å². The van der Waals surface area contributed by atoms with Gasteiger partial charge in [-0.1, -0.05) is 6.07 Å². The molecule has 1 aromatic rings. The zero-order valence-corrected chi connectivity index (χ0v) is 10.6. The zero-order valence-electron chi connectivity index (χ0n) is 9.77. The summed E-state index contributed by atoms with van der Waals surface area (Å²) in [4.78, 5) is 15.3. The van der Waals surface area contributed by atoms with Gasteiger partial charge in [0.05, 0.1) is 11.5 Å². The SMILES string of the molecule is CC(c1cccs1)N(C)C(=O)C1(CN)CC1. The van der Waals surface area contributed by atoms with E-state index in [9.17, 15) is 4.79 Å². The minimum absolute atomic E-state index is 0.150. The van der Waals surface area contributed by atoms with Gasteiger partial charge in [0.25, 0.3) is 0 Å². The third kappa shape index (κ3) is 1.87. The molecule has 4 heteroatoms. The van der Waals surface area contributed by atoms with Crippen LogP contribution in [0.1, 0.15) is 30.7 Å². The molecule has 0 aliphatic heterocycles. The average Bonchev–Trinajstić information content (AvgIpc) is 2.92. The summed E-state index contributed by atoms with van der Waals surface area (Å²) in [6.07, 6.45) is 1.90. The number of nitrogens with two attached hydrogens (primary N) is 1. The lowest BCUT2D eigenvalue weighted by Crippen LogP contribution is -2.39. The van der Waals surface area contributed by atoms with Gasteiger partial charge in [0.15, 0.2) is 0 Å². The number of carbonyl (C=O) groups is 1. The number of hydrogen-bond acceptors (Lipinski definition) is 3. The fourth-order valence-electron chi connectivity index (χ4n) is 1.93. The Kier molecular flexibility index (Phi) is 3.04. The van der Waals surface area contributed by atoms with Gasteiger partial charge in [0.1, 0.15) is 0 Å². The maximum absolute atomic E-state index is 12.2. The largest absolute Gasteiger partial charge is 0.338 e. The molecule has 0 saturated heterocycles. The van der Waals surface area contributed by atoms with E-state index in [1.54, 1.807) is 11.3 Å². The first-order valence-electron chi connectivity index (χ1n) is 5.61.